The Balaban J connectivity index is 1.93. The van der Waals surface area contributed by atoms with Gasteiger partial charge in [-0.15, -0.1) is 0 Å². The first-order valence-electron chi connectivity index (χ1n) is 5.98. The summed E-state index contributed by atoms with van der Waals surface area (Å²) in [6.45, 7) is 5.92. The van der Waals surface area contributed by atoms with Crippen LogP contribution in [-0.4, -0.2) is 12.6 Å². The molecule has 15 heavy (non-hydrogen) atoms. The molecular weight excluding hydrogens is 182 g/mol. The van der Waals surface area contributed by atoms with E-state index in [0.29, 0.717) is 11.5 Å². The van der Waals surface area contributed by atoms with Crippen LogP contribution in [0.15, 0.2) is 30.3 Å². The fourth-order valence-corrected chi connectivity index (χ4v) is 2.45. The highest BCUT2D eigenvalue weighted by molar-refractivity contribution is 5.15. The molecule has 1 nitrogen and oxygen atoms in total. The van der Waals surface area contributed by atoms with Gasteiger partial charge < -0.3 is 5.32 Å². The highest BCUT2D eigenvalue weighted by Gasteiger charge is 2.34. The van der Waals surface area contributed by atoms with E-state index in [4.69, 9.17) is 0 Å². The van der Waals surface area contributed by atoms with Crippen molar-refractivity contribution in [3.8, 4) is 0 Å². The molecule has 0 bridgehead atoms. The average Bonchev–Trinajstić information content (AvgIpc) is 2.59. The topological polar surface area (TPSA) is 12.0 Å². The molecule has 1 aliphatic heterocycles. The molecule has 0 saturated carbocycles. The Hall–Kier alpha value is -0.820. The minimum atomic E-state index is 0.496. The summed E-state index contributed by atoms with van der Waals surface area (Å²) in [5.74, 6) is 0. The monoisotopic (exact) mass is 203 g/mol. The first-order chi connectivity index (χ1) is 7.21. The van der Waals surface area contributed by atoms with Gasteiger partial charge in [0.1, 0.15) is 0 Å². The molecule has 1 N–H and O–H groups in total. The summed E-state index contributed by atoms with van der Waals surface area (Å²) in [6, 6.07) is 11.5. The van der Waals surface area contributed by atoms with Crippen LogP contribution in [-0.2, 0) is 6.42 Å². The molecular formula is C14H21N. The van der Waals surface area contributed by atoms with Crippen LogP contribution in [0.5, 0.6) is 0 Å². The van der Waals surface area contributed by atoms with Gasteiger partial charge in [0.15, 0.2) is 0 Å². The van der Waals surface area contributed by atoms with Crippen molar-refractivity contribution in [2.24, 2.45) is 5.41 Å². The standard InChI is InChI=1S/C14H21N/c1-12-14(2,10-11-15-12)9-8-13-6-4-3-5-7-13/h3-7,12,15H,8-11H2,1-2H3. The predicted octanol–water partition coefficient (Wildman–Crippen LogP) is 3.01. The minimum absolute atomic E-state index is 0.496. The highest BCUT2D eigenvalue weighted by Crippen LogP contribution is 2.35. The summed E-state index contributed by atoms with van der Waals surface area (Å²) < 4.78 is 0. The third-order valence-electron chi connectivity index (χ3n) is 4.02. The van der Waals surface area contributed by atoms with Crippen molar-refractivity contribution in [3.05, 3.63) is 35.9 Å². The quantitative estimate of drug-likeness (QED) is 0.796. The summed E-state index contributed by atoms with van der Waals surface area (Å²) in [5.41, 5.74) is 1.97. The molecule has 1 heterocycles. The minimum Gasteiger partial charge on any atom is -0.314 e. The van der Waals surface area contributed by atoms with Crippen LogP contribution >= 0.6 is 0 Å². The number of hydrogen-bond donors (Lipinski definition) is 1. The smallest absolute Gasteiger partial charge is 0.00931 e. The lowest BCUT2D eigenvalue weighted by Crippen LogP contribution is -2.31. The van der Waals surface area contributed by atoms with Gasteiger partial charge in [0.25, 0.3) is 0 Å². The maximum Gasteiger partial charge on any atom is 0.00931 e. The van der Waals surface area contributed by atoms with Crippen molar-refractivity contribution in [3.63, 3.8) is 0 Å². The van der Waals surface area contributed by atoms with E-state index in [1.54, 1.807) is 0 Å². The van der Waals surface area contributed by atoms with Crippen LogP contribution in [0.3, 0.4) is 0 Å². The van der Waals surface area contributed by atoms with Crippen LogP contribution in [0, 0.1) is 5.41 Å². The van der Waals surface area contributed by atoms with Crippen LogP contribution in [0.25, 0.3) is 0 Å². The summed E-state index contributed by atoms with van der Waals surface area (Å²) >= 11 is 0. The molecule has 2 rings (SSSR count). The van der Waals surface area contributed by atoms with Gasteiger partial charge in [-0.05, 0) is 43.7 Å². The van der Waals surface area contributed by atoms with Crippen molar-refractivity contribution < 1.29 is 0 Å². The van der Waals surface area contributed by atoms with E-state index in [9.17, 15) is 0 Å². The van der Waals surface area contributed by atoms with Gasteiger partial charge in [0.05, 0.1) is 0 Å². The lowest BCUT2D eigenvalue weighted by Gasteiger charge is -2.28. The lowest BCUT2D eigenvalue weighted by molar-refractivity contribution is 0.271. The van der Waals surface area contributed by atoms with E-state index in [1.165, 1.54) is 31.4 Å². The zero-order valence-electron chi connectivity index (χ0n) is 9.79. The molecule has 0 aromatic heterocycles. The molecule has 2 unspecified atom stereocenters. The Kier molecular flexibility index (Phi) is 3.11. The largest absolute Gasteiger partial charge is 0.314 e. The average molecular weight is 203 g/mol. The summed E-state index contributed by atoms with van der Waals surface area (Å²) in [7, 11) is 0. The Morgan fingerprint density at radius 2 is 2.07 bits per heavy atom. The maximum atomic E-state index is 3.55. The van der Waals surface area contributed by atoms with Crippen molar-refractivity contribution in [2.75, 3.05) is 6.54 Å². The van der Waals surface area contributed by atoms with Gasteiger partial charge in [-0.25, -0.2) is 0 Å². The predicted molar refractivity (Wildman–Crippen MR) is 65.0 cm³/mol. The van der Waals surface area contributed by atoms with Crippen molar-refractivity contribution in [1.29, 1.82) is 0 Å². The molecule has 1 aromatic rings. The fraction of sp³-hybridized carbons (Fsp3) is 0.571. The number of benzene rings is 1. The molecule has 1 fully saturated rings. The van der Waals surface area contributed by atoms with Gasteiger partial charge in [-0.3, -0.25) is 0 Å². The Labute approximate surface area is 92.9 Å². The number of aryl methyl sites for hydroxylation is 1. The number of nitrogens with one attached hydrogen (secondary N) is 1. The van der Waals surface area contributed by atoms with E-state index >= 15 is 0 Å². The molecule has 0 aliphatic carbocycles. The molecule has 1 heteroatoms. The normalized spacial score (nSPS) is 30.7. The molecule has 2 atom stereocenters. The lowest BCUT2D eigenvalue weighted by atomic mass is 9.78. The number of rotatable bonds is 3. The van der Waals surface area contributed by atoms with E-state index < -0.39 is 0 Å². The number of hydrogen-bond acceptors (Lipinski definition) is 1. The SMILES string of the molecule is CC1NCCC1(C)CCc1ccccc1. The zero-order valence-corrected chi connectivity index (χ0v) is 9.79. The Morgan fingerprint density at radius 1 is 1.33 bits per heavy atom. The highest BCUT2D eigenvalue weighted by atomic mass is 15.0. The van der Waals surface area contributed by atoms with Gasteiger partial charge in [0.2, 0.25) is 0 Å². The summed E-state index contributed by atoms with van der Waals surface area (Å²) in [5, 5.41) is 3.55. The van der Waals surface area contributed by atoms with Gasteiger partial charge in [-0.1, -0.05) is 37.3 Å². The molecule has 1 aliphatic rings. The third kappa shape index (κ3) is 2.40. The molecule has 0 spiro atoms. The van der Waals surface area contributed by atoms with E-state index in [2.05, 4.69) is 49.5 Å². The van der Waals surface area contributed by atoms with Gasteiger partial charge in [-0.2, -0.15) is 0 Å². The summed E-state index contributed by atoms with van der Waals surface area (Å²) in [6.07, 6.45) is 3.83. The van der Waals surface area contributed by atoms with E-state index in [-0.39, 0.29) is 0 Å². The summed E-state index contributed by atoms with van der Waals surface area (Å²) in [4.78, 5) is 0. The van der Waals surface area contributed by atoms with Crippen LogP contribution in [0.2, 0.25) is 0 Å². The molecule has 82 valence electrons. The second kappa shape index (κ2) is 4.36. The van der Waals surface area contributed by atoms with Gasteiger partial charge >= 0.3 is 0 Å². The van der Waals surface area contributed by atoms with Gasteiger partial charge in [0, 0.05) is 6.04 Å². The van der Waals surface area contributed by atoms with E-state index in [0.717, 1.165) is 0 Å². The van der Waals surface area contributed by atoms with Crippen molar-refractivity contribution >= 4 is 0 Å². The Morgan fingerprint density at radius 3 is 2.67 bits per heavy atom. The fourth-order valence-electron chi connectivity index (χ4n) is 2.45. The first kappa shape index (κ1) is 10.7. The molecule has 0 radical (unpaired) electrons. The molecule has 1 saturated heterocycles. The van der Waals surface area contributed by atoms with Crippen LogP contribution in [0.1, 0.15) is 32.3 Å². The van der Waals surface area contributed by atoms with Crippen LogP contribution in [0.4, 0.5) is 0 Å². The van der Waals surface area contributed by atoms with E-state index in [1.807, 2.05) is 0 Å². The third-order valence-corrected chi connectivity index (χ3v) is 4.02. The Bertz CT molecular complexity index is 306. The molecule has 0 amide bonds. The first-order valence-corrected chi connectivity index (χ1v) is 5.98. The van der Waals surface area contributed by atoms with Crippen molar-refractivity contribution in [2.45, 2.75) is 39.2 Å². The van der Waals surface area contributed by atoms with Crippen molar-refractivity contribution in [1.82, 2.24) is 5.32 Å². The maximum absolute atomic E-state index is 3.55. The second-order valence-electron chi connectivity index (χ2n) is 5.07. The molecule has 1 aromatic carbocycles. The second-order valence-corrected chi connectivity index (χ2v) is 5.07. The van der Waals surface area contributed by atoms with Crippen LogP contribution < -0.4 is 5.32 Å². The zero-order chi connectivity index (χ0) is 10.7.